The molecular formula is C23H28. The molecule has 0 amide bonds. The lowest BCUT2D eigenvalue weighted by Gasteiger charge is -2.11. The number of benzene rings is 2. The lowest BCUT2D eigenvalue weighted by molar-refractivity contribution is 1.05. The van der Waals surface area contributed by atoms with E-state index in [0.717, 1.165) is 19.3 Å². The van der Waals surface area contributed by atoms with Crippen LogP contribution in [0.4, 0.5) is 0 Å². The summed E-state index contributed by atoms with van der Waals surface area (Å²) in [5.74, 6) is 0. The zero-order valence-electron chi connectivity index (χ0n) is 14.9. The predicted octanol–water partition coefficient (Wildman–Crippen LogP) is 6.98. The van der Waals surface area contributed by atoms with E-state index in [4.69, 9.17) is 0 Å². The number of hydrogen-bond donors (Lipinski definition) is 0. The van der Waals surface area contributed by atoms with Gasteiger partial charge in [0.1, 0.15) is 0 Å². The lowest BCUT2D eigenvalue weighted by atomic mass is 9.94. The van der Waals surface area contributed by atoms with Crippen molar-refractivity contribution in [3.63, 3.8) is 0 Å². The summed E-state index contributed by atoms with van der Waals surface area (Å²) < 4.78 is 0. The van der Waals surface area contributed by atoms with Gasteiger partial charge in [-0.15, -0.1) is 0 Å². The third-order valence-corrected chi connectivity index (χ3v) is 4.38. The summed E-state index contributed by atoms with van der Waals surface area (Å²) in [5.41, 5.74) is 8.33. The van der Waals surface area contributed by atoms with Crippen LogP contribution in [0.5, 0.6) is 0 Å². The van der Waals surface area contributed by atoms with Crippen LogP contribution in [0.2, 0.25) is 0 Å². The third kappa shape index (κ3) is 4.69. The minimum Gasteiger partial charge on any atom is -0.0810 e. The van der Waals surface area contributed by atoms with Crippen LogP contribution in [0.3, 0.4) is 0 Å². The second-order valence-corrected chi connectivity index (χ2v) is 6.19. The van der Waals surface area contributed by atoms with Crippen LogP contribution in [-0.4, -0.2) is 0 Å². The molecule has 0 spiro atoms. The van der Waals surface area contributed by atoms with Crippen molar-refractivity contribution in [1.29, 1.82) is 0 Å². The molecule has 2 aromatic carbocycles. The molecular weight excluding hydrogens is 276 g/mol. The Morgan fingerprint density at radius 1 is 0.826 bits per heavy atom. The van der Waals surface area contributed by atoms with Crippen LogP contribution in [-0.2, 0) is 0 Å². The Hall–Kier alpha value is -2.08. The molecule has 2 aromatic rings. The molecule has 0 radical (unpaired) electrons. The van der Waals surface area contributed by atoms with Gasteiger partial charge in [-0.25, -0.2) is 0 Å². The summed E-state index contributed by atoms with van der Waals surface area (Å²) in [4.78, 5) is 0. The molecule has 0 nitrogen and oxygen atoms in total. The van der Waals surface area contributed by atoms with Gasteiger partial charge < -0.3 is 0 Å². The van der Waals surface area contributed by atoms with Crippen molar-refractivity contribution >= 4 is 11.1 Å². The average molecular weight is 304 g/mol. The third-order valence-electron chi connectivity index (χ3n) is 4.38. The smallest absolute Gasteiger partial charge is 0.0198 e. The highest BCUT2D eigenvalue weighted by molar-refractivity contribution is 5.69. The van der Waals surface area contributed by atoms with Crippen LogP contribution in [0, 0.1) is 13.8 Å². The molecule has 0 saturated carbocycles. The maximum atomic E-state index is 2.38. The summed E-state index contributed by atoms with van der Waals surface area (Å²) in [6.45, 7) is 8.82. The van der Waals surface area contributed by atoms with E-state index >= 15 is 0 Å². The molecule has 0 aromatic heterocycles. The van der Waals surface area contributed by atoms with E-state index in [-0.39, 0.29) is 0 Å². The first kappa shape index (κ1) is 17.3. The predicted molar refractivity (Wildman–Crippen MR) is 104 cm³/mol. The standard InChI is InChI=1S/C23H28/c1-5-11-21(23-17-9-7-13-20(23)4)15-10-14-19(3)22-16-8-6-12-18(22)2/h6-9,11-14,16-17H,5,10,15H2,1-4H3/b19-14-,21-11+. The first-order valence-corrected chi connectivity index (χ1v) is 8.61. The zero-order valence-corrected chi connectivity index (χ0v) is 14.9. The molecule has 0 saturated heterocycles. The summed E-state index contributed by atoms with van der Waals surface area (Å²) in [6, 6.07) is 17.3. The van der Waals surface area contributed by atoms with Gasteiger partial charge in [-0.3, -0.25) is 0 Å². The van der Waals surface area contributed by atoms with Gasteiger partial charge in [-0.05, 0) is 73.4 Å². The molecule has 0 aliphatic rings. The molecule has 0 unspecified atom stereocenters. The topological polar surface area (TPSA) is 0 Å². The lowest BCUT2D eigenvalue weighted by Crippen LogP contribution is -1.90. The fourth-order valence-corrected chi connectivity index (χ4v) is 3.10. The van der Waals surface area contributed by atoms with E-state index in [9.17, 15) is 0 Å². The van der Waals surface area contributed by atoms with Gasteiger partial charge in [0.15, 0.2) is 0 Å². The minimum absolute atomic E-state index is 1.08. The quantitative estimate of drug-likeness (QED) is 0.540. The highest BCUT2D eigenvalue weighted by Gasteiger charge is 2.04. The van der Waals surface area contributed by atoms with E-state index < -0.39 is 0 Å². The molecule has 0 atom stereocenters. The van der Waals surface area contributed by atoms with Crippen LogP contribution >= 0.6 is 0 Å². The van der Waals surface area contributed by atoms with Crippen molar-refractivity contribution in [3.8, 4) is 0 Å². The summed E-state index contributed by atoms with van der Waals surface area (Å²) in [5, 5.41) is 0. The summed E-state index contributed by atoms with van der Waals surface area (Å²) in [6.07, 6.45) is 8.02. The molecule has 0 N–H and O–H groups in total. The molecule has 2 rings (SSSR count). The number of rotatable bonds is 6. The molecule has 0 fully saturated rings. The Balaban J connectivity index is 2.11. The Morgan fingerprint density at radius 2 is 1.39 bits per heavy atom. The van der Waals surface area contributed by atoms with Crippen molar-refractivity contribution < 1.29 is 0 Å². The van der Waals surface area contributed by atoms with Gasteiger partial charge in [0, 0.05) is 0 Å². The Morgan fingerprint density at radius 3 is 1.96 bits per heavy atom. The fourth-order valence-electron chi connectivity index (χ4n) is 3.10. The van der Waals surface area contributed by atoms with Crippen molar-refractivity contribution in [2.24, 2.45) is 0 Å². The van der Waals surface area contributed by atoms with Crippen LogP contribution < -0.4 is 0 Å². The van der Waals surface area contributed by atoms with Crippen LogP contribution in [0.25, 0.3) is 11.1 Å². The Labute approximate surface area is 141 Å². The Bertz CT molecular complexity index is 701. The van der Waals surface area contributed by atoms with Crippen molar-refractivity contribution in [2.75, 3.05) is 0 Å². The van der Waals surface area contributed by atoms with Gasteiger partial charge in [0.2, 0.25) is 0 Å². The largest absolute Gasteiger partial charge is 0.0810 e. The average Bonchev–Trinajstić information content (AvgIpc) is 2.55. The van der Waals surface area contributed by atoms with E-state index in [1.807, 2.05) is 0 Å². The van der Waals surface area contributed by atoms with Crippen molar-refractivity contribution in [2.45, 2.75) is 47.0 Å². The number of hydrogen-bond acceptors (Lipinski definition) is 0. The highest BCUT2D eigenvalue weighted by Crippen LogP contribution is 2.25. The maximum absolute atomic E-state index is 2.38. The molecule has 0 aliphatic heterocycles. The molecule has 23 heavy (non-hydrogen) atoms. The van der Waals surface area contributed by atoms with Crippen molar-refractivity contribution in [3.05, 3.63) is 82.9 Å². The summed E-state index contributed by atoms with van der Waals surface area (Å²) >= 11 is 0. The maximum Gasteiger partial charge on any atom is -0.0198 e. The second kappa shape index (κ2) is 8.53. The first-order chi connectivity index (χ1) is 11.1. The zero-order chi connectivity index (χ0) is 16.7. The SMILES string of the molecule is CC/C=C(\CC/C=C(/C)c1ccccc1C)c1ccccc1C. The summed E-state index contributed by atoms with van der Waals surface area (Å²) in [7, 11) is 0. The Kier molecular flexibility index (Phi) is 6.40. The monoisotopic (exact) mass is 304 g/mol. The molecule has 0 heteroatoms. The number of aryl methyl sites for hydroxylation is 2. The molecule has 0 bridgehead atoms. The van der Waals surface area contributed by atoms with Gasteiger partial charge in [0.25, 0.3) is 0 Å². The number of allylic oxidation sites excluding steroid dienone is 4. The van der Waals surface area contributed by atoms with E-state index in [1.54, 1.807) is 0 Å². The minimum atomic E-state index is 1.08. The van der Waals surface area contributed by atoms with Crippen LogP contribution in [0.15, 0.2) is 60.7 Å². The van der Waals surface area contributed by atoms with Crippen LogP contribution in [0.1, 0.15) is 55.4 Å². The first-order valence-electron chi connectivity index (χ1n) is 8.61. The highest BCUT2D eigenvalue weighted by atomic mass is 14.1. The molecule has 0 aliphatic carbocycles. The van der Waals surface area contributed by atoms with Gasteiger partial charge in [-0.1, -0.05) is 67.6 Å². The van der Waals surface area contributed by atoms with E-state index in [2.05, 4.69) is 88.4 Å². The van der Waals surface area contributed by atoms with Gasteiger partial charge >= 0.3 is 0 Å². The molecule has 120 valence electrons. The van der Waals surface area contributed by atoms with Gasteiger partial charge in [0.05, 0.1) is 0 Å². The molecule has 0 heterocycles. The van der Waals surface area contributed by atoms with Gasteiger partial charge in [-0.2, -0.15) is 0 Å². The van der Waals surface area contributed by atoms with E-state index in [1.165, 1.54) is 33.4 Å². The second-order valence-electron chi connectivity index (χ2n) is 6.19. The van der Waals surface area contributed by atoms with Crippen molar-refractivity contribution in [1.82, 2.24) is 0 Å². The normalized spacial score (nSPS) is 12.5. The van der Waals surface area contributed by atoms with E-state index in [0.29, 0.717) is 0 Å². The fraction of sp³-hybridized carbons (Fsp3) is 0.304.